The van der Waals surface area contributed by atoms with Crippen molar-refractivity contribution in [3.05, 3.63) is 59.8 Å². The lowest BCUT2D eigenvalue weighted by atomic mass is 10.1. The van der Waals surface area contributed by atoms with E-state index in [1.165, 1.54) is 11.1 Å². The normalized spacial score (nSPS) is 9.79. The third-order valence-corrected chi connectivity index (χ3v) is 3.01. The average Bonchev–Trinajstić information content (AvgIpc) is 3.00. The molecule has 0 spiro atoms. The van der Waals surface area contributed by atoms with Crippen LogP contribution in [0.4, 0.5) is 0 Å². The molecule has 0 unspecified atom stereocenters. The molecule has 6 heteroatoms. The van der Waals surface area contributed by atoms with Crippen molar-refractivity contribution in [1.29, 1.82) is 0 Å². The molecule has 0 amide bonds. The predicted octanol–water partition coefficient (Wildman–Crippen LogP) is 2.83. The van der Waals surface area contributed by atoms with Crippen molar-refractivity contribution >= 4 is 5.97 Å². The van der Waals surface area contributed by atoms with Gasteiger partial charge >= 0.3 is 5.97 Å². The summed E-state index contributed by atoms with van der Waals surface area (Å²) in [7, 11) is 1.54. The molecule has 0 bridgehead atoms. The highest BCUT2D eigenvalue weighted by molar-refractivity contribution is 5.81. The number of nitrogens with zero attached hydrogens (tertiary/aromatic N) is 2. The smallest absolute Gasteiger partial charge is 0.330 e. The van der Waals surface area contributed by atoms with Crippen molar-refractivity contribution < 1.29 is 18.7 Å². The fraction of sp³-hybridized carbons (Fsp3) is 0.389. The molecule has 0 N–H and O–H groups in total. The highest BCUT2D eigenvalue weighted by Gasteiger charge is 2.02. The van der Waals surface area contributed by atoms with E-state index in [0.717, 1.165) is 18.9 Å². The first kappa shape index (κ1) is 19.6. The molecule has 0 atom stereocenters. The van der Waals surface area contributed by atoms with Gasteiger partial charge in [0.25, 0.3) is 0 Å². The topological polar surface area (TPSA) is 74.5 Å². The number of esters is 1. The van der Waals surface area contributed by atoms with Gasteiger partial charge in [0, 0.05) is 26.5 Å². The van der Waals surface area contributed by atoms with Crippen molar-refractivity contribution in [2.45, 2.75) is 26.7 Å². The molecule has 0 aliphatic rings. The van der Waals surface area contributed by atoms with Gasteiger partial charge in [0.15, 0.2) is 0 Å². The number of hydrogen-bond acceptors (Lipinski definition) is 6. The van der Waals surface area contributed by atoms with Gasteiger partial charge in [-0.05, 0) is 18.9 Å². The van der Waals surface area contributed by atoms with Gasteiger partial charge in [0.1, 0.15) is 6.61 Å². The van der Waals surface area contributed by atoms with Crippen molar-refractivity contribution in [2.24, 2.45) is 0 Å². The largest absolute Gasteiger partial charge is 0.460 e. The predicted molar refractivity (Wildman–Crippen MR) is 90.7 cm³/mol. The highest BCUT2D eigenvalue weighted by Crippen LogP contribution is 2.07. The van der Waals surface area contributed by atoms with Crippen molar-refractivity contribution in [2.75, 3.05) is 20.3 Å². The first-order valence-corrected chi connectivity index (χ1v) is 7.67. The van der Waals surface area contributed by atoms with Gasteiger partial charge < -0.3 is 13.9 Å². The lowest BCUT2D eigenvalue weighted by Gasteiger charge is -1.98. The monoisotopic (exact) mass is 332 g/mol. The second kappa shape index (κ2) is 11.1. The summed E-state index contributed by atoms with van der Waals surface area (Å²) in [6, 6.07) is 8.51. The van der Waals surface area contributed by atoms with E-state index < -0.39 is 5.97 Å². The molecule has 0 saturated heterocycles. The maximum Gasteiger partial charge on any atom is 0.330 e. The number of rotatable bonds is 7. The molecule has 0 aliphatic heterocycles. The summed E-state index contributed by atoms with van der Waals surface area (Å²) in [6.45, 7) is 7.84. The minimum Gasteiger partial charge on any atom is -0.460 e. The van der Waals surface area contributed by atoms with E-state index in [4.69, 9.17) is 4.42 Å². The molecule has 1 aromatic heterocycles. The molecular formula is C18H24N2O4. The van der Waals surface area contributed by atoms with E-state index in [1.807, 2.05) is 6.92 Å². The van der Waals surface area contributed by atoms with Crippen molar-refractivity contribution in [1.82, 2.24) is 10.2 Å². The second-order valence-corrected chi connectivity index (χ2v) is 5.06. The van der Waals surface area contributed by atoms with Crippen LogP contribution in [0.25, 0.3) is 0 Å². The number of carbonyl (C=O) groups is 1. The van der Waals surface area contributed by atoms with E-state index in [2.05, 4.69) is 57.4 Å². The molecule has 0 radical (unpaired) electrons. The van der Waals surface area contributed by atoms with Crippen LogP contribution in [0.5, 0.6) is 0 Å². The van der Waals surface area contributed by atoms with Crippen LogP contribution < -0.4 is 0 Å². The summed E-state index contributed by atoms with van der Waals surface area (Å²) in [5.41, 5.74) is 2.59. The van der Waals surface area contributed by atoms with Crippen molar-refractivity contribution in [3.63, 3.8) is 0 Å². The summed E-state index contributed by atoms with van der Waals surface area (Å²) < 4.78 is 14.5. The Hall–Kier alpha value is -2.47. The van der Waals surface area contributed by atoms with Crippen LogP contribution >= 0.6 is 0 Å². The van der Waals surface area contributed by atoms with Gasteiger partial charge in [0.2, 0.25) is 11.8 Å². The molecule has 0 saturated carbocycles. The van der Waals surface area contributed by atoms with Crippen molar-refractivity contribution in [3.8, 4) is 0 Å². The van der Waals surface area contributed by atoms with E-state index in [-0.39, 0.29) is 0 Å². The lowest BCUT2D eigenvalue weighted by molar-refractivity contribution is -0.138. The number of ether oxygens (including phenoxy) is 2. The Morgan fingerprint density at radius 3 is 2.42 bits per heavy atom. The Morgan fingerprint density at radius 1 is 1.17 bits per heavy atom. The molecule has 2 aromatic rings. The van der Waals surface area contributed by atoms with Gasteiger partial charge in [-0.25, -0.2) is 4.79 Å². The molecule has 24 heavy (non-hydrogen) atoms. The van der Waals surface area contributed by atoms with E-state index in [9.17, 15) is 4.79 Å². The molecule has 0 fully saturated rings. The third kappa shape index (κ3) is 8.24. The maximum atomic E-state index is 10.3. The Bertz CT molecular complexity index is 620. The van der Waals surface area contributed by atoms with Gasteiger partial charge in [-0.3, -0.25) is 0 Å². The second-order valence-electron chi connectivity index (χ2n) is 5.06. The average molecular weight is 332 g/mol. The Morgan fingerprint density at radius 2 is 1.88 bits per heavy atom. The first-order chi connectivity index (χ1) is 11.5. The van der Waals surface area contributed by atoms with Crippen LogP contribution in [0.3, 0.4) is 0 Å². The van der Waals surface area contributed by atoms with E-state index in [0.29, 0.717) is 25.0 Å². The summed E-state index contributed by atoms with van der Waals surface area (Å²) >= 11 is 0. The molecule has 0 aliphatic carbocycles. The number of aromatic nitrogens is 2. The number of methoxy groups -OCH3 is 1. The van der Waals surface area contributed by atoms with Gasteiger partial charge in [-0.1, -0.05) is 36.4 Å². The minimum atomic E-state index is -0.410. The number of carbonyl (C=O) groups excluding carboxylic acids is 1. The molecule has 1 heterocycles. The van der Waals surface area contributed by atoms with E-state index in [1.54, 1.807) is 7.11 Å². The standard InChI is InChI=1S/C12H14N2O.C6H10O3/c1-9-3-5-11(6-4-9)7-8-12-14-13-10(2)15-12;1-3-6(7)9-5-4-8-2/h3-6H,7-8H2,1-2H3;3H,1,4-5H2,2H3. The Kier molecular flexibility index (Phi) is 9.07. The third-order valence-electron chi connectivity index (χ3n) is 3.01. The molecule has 2 rings (SSSR count). The summed E-state index contributed by atoms with van der Waals surface area (Å²) in [5.74, 6) is 0.939. The van der Waals surface area contributed by atoms with Gasteiger partial charge in [0.05, 0.1) is 6.61 Å². The highest BCUT2D eigenvalue weighted by atomic mass is 16.6. The van der Waals surface area contributed by atoms with Crippen LogP contribution in [0.1, 0.15) is 22.9 Å². The minimum absolute atomic E-state index is 0.293. The fourth-order valence-corrected chi connectivity index (χ4v) is 1.73. The van der Waals surface area contributed by atoms with Crippen LogP contribution in [-0.4, -0.2) is 36.5 Å². The summed E-state index contributed by atoms with van der Waals surface area (Å²) in [5, 5.41) is 7.76. The molecule has 130 valence electrons. The van der Waals surface area contributed by atoms with E-state index >= 15 is 0 Å². The number of benzene rings is 1. The number of hydrogen-bond donors (Lipinski definition) is 0. The zero-order chi connectivity index (χ0) is 17.8. The maximum absolute atomic E-state index is 10.3. The quantitative estimate of drug-likeness (QED) is 0.441. The zero-order valence-corrected chi connectivity index (χ0v) is 14.4. The van der Waals surface area contributed by atoms with Crippen LogP contribution in [0.2, 0.25) is 0 Å². The Labute approximate surface area is 142 Å². The molecule has 6 nitrogen and oxygen atoms in total. The Balaban J connectivity index is 0.000000277. The van der Waals surface area contributed by atoms with Gasteiger partial charge in [-0.15, -0.1) is 10.2 Å². The zero-order valence-electron chi connectivity index (χ0n) is 14.4. The van der Waals surface area contributed by atoms with Crippen LogP contribution in [0, 0.1) is 13.8 Å². The molecule has 1 aromatic carbocycles. The summed E-state index contributed by atoms with van der Waals surface area (Å²) in [4.78, 5) is 10.3. The van der Waals surface area contributed by atoms with Crippen LogP contribution in [0.15, 0.2) is 41.3 Å². The van der Waals surface area contributed by atoms with Crippen LogP contribution in [-0.2, 0) is 27.1 Å². The first-order valence-electron chi connectivity index (χ1n) is 7.67. The molecular weight excluding hydrogens is 308 g/mol. The SMILES string of the molecule is C=CC(=O)OCCOC.Cc1ccc(CCc2nnc(C)o2)cc1. The summed E-state index contributed by atoms with van der Waals surface area (Å²) in [6.07, 6.45) is 2.88. The van der Waals surface area contributed by atoms with Gasteiger partial charge in [-0.2, -0.15) is 0 Å². The fourth-order valence-electron chi connectivity index (χ4n) is 1.73. The number of aryl methyl sites for hydroxylation is 4. The lowest BCUT2D eigenvalue weighted by Crippen LogP contribution is -2.06.